The summed E-state index contributed by atoms with van der Waals surface area (Å²) in [4.78, 5) is 0. The van der Waals surface area contributed by atoms with E-state index in [0.717, 1.165) is 38.0 Å². The Labute approximate surface area is 123 Å². The quantitative estimate of drug-likeness (QED) is 0.601. The molecule has 1 aliphatic carbocycles. The lowest BCUT2D eigenvalue weighted by Gasteiger charge is -2.47. The lowest BCUT2D eigenvalue weighted by atomic mass is 9.68. The number of nitrogens with one attached hydrogen (secondary N) is 1. The summed E-state index contributed by atoms with van der Waals surface area (Å²) in [7, 11) is 0. The van der Waals surface area contributed by atoms with E-state index in [0.29, 0.717) is 12.0 Å². The lowest BCUT2D eigenvalue weighted by Crippen LogP contribution is -2.58. The van der Waals surface area contributed by atoms with Crippen LogP contribution in [0.25, 0.3) is 0 Å². The molecule has 0 aromatic rings. The zero-order chi connectivity index (χ0) is 14.6. The van der Waals surface area contributed by atoms with E-state index in [1.165, 1.54) is 12.8 Å². The van der Waals surface area contributed by atoms with Crippen LogP contribution in [0.2, 0.25) is 0 Å². The zero-order valence-corrected chi connectivity index (χ0v) is 13.2. The van der Waals surface area contributed by atoms with E-state index in [1.54, 1.807) is 0 Å². The molecule has 1 aliphatic heterocycles. The van der Waals surface area contributed by atoms with Crippen LogP contribution in [0, 0.1) is 5.41 Å². The standard InChI is InChI=1S/C16H30N2O2/c1-4-20-16(10-8-15(2,3)9-11-16)14(18-17)13-7-5-6-12-19-13/h7,14,18H,4-6,8-12,17H2,1-3H3. The summed E-state index contributed by atoms with van der Waals surface area (Å²) in [6.45, 7) is 8.24. The van der Waals surface area contributed by atoms with Crippen LogP contribution in [-0.4, -0.2) is 24.9 Å². The Bertz CT molecular complexity index is 342. The number of rotatable bonds is 5. The molecule has 0 aromatic carbocycles. The summed E-state index contributed by atoms with van der Waals surface area (Å²) in [6, 6.07) is -0.0288. The maximum absolute atomic E-state index is 6.21. The summed E-state index contributed by atoms with van der Waals surface area (Å²) in [5, 5.41) is 0. The Morgan fingerprint density at radius 3 is 2.55 bits per heavy atom. The molecule has 1 atom stereocenters. The third-order valence-electron chi connectivity index (χ3n) is 4.82. The van der Waals surface area contributed by atoms with Crippen LogP contribution >= 0.6 is 0 Å². The fourth-order valence-corrected chi connectivity index (χ4v) is 3.42. The number of allylic oxidation sites excluding steroid dienone is 1. The van der Waals surface area contributed by atoms with Gasteiger partial charge in [0.05, 0.1) is 12.2 Å². The molecule has 1 unspecified atom stereocenters. The molecule has 0 bridgehead atoms. The highest BCUT2D eigenvalue weighted by molar-refractivity contribution is 5.15. The van der Waals surface area contributed by atoms with Gasteiger partial charge in [-0.3, -0.25) is 5.84 Å². The molecular formula is C16H30N2O2. The van der Waals surface area contributed by atoms with Crippen LogP contribution in [0.15, 0.2) is 11.8 Å². The number of hydrazine groups is 1. The average Bonchev–Trinajstić information content (AvgIpc) is 2.44. The molecule has 20 heavy (non-hydrogen) atoms. The maximum atomic E-state index is 6.21. The Kier molecular flexibility index (Phi) is 5.10. The van der Waals surface area contributed by atoms with E-state index in [2.05, 4.69) is 32.3 Å². The van der Waals surface area contributed by atoms with Crippen molar-refractivity contribution in [2.75, 3.05) is 13.2 Å². The molecule has 3 N–H and O–H groups in total. The molecule has 0 spiro atoms. The summed E-state index contributed by atoms with van der Waals surface area (Å²) in [6.07, 6.45) is 8.73. The van der Waals surface area contributed by atoms with Gasteiger partial charge in [-0.2, -0.15) is 0 Å². The number of hydrogen-bond acceptors (Lipinski definition) is 4. The first kappa shape index (κ1) is 15.8. The van der Waals surface area contributed by atoms with Gasteiger partial charge in [-0.1, -0.05) is 13.8 Å². The number of hydrogen-bond donors (Lipinski definition) is 2. The van der Waals surface area contributed by atoms with Crippen LogP contribution in [0.5, 0.6) is 0 Å². The third kappa shape index (κ3) is 3.35. The highest BCUT2D eigenvalue weighted by Gasteiger charge is 2.46. The van der Waals surface area contributed by atoms with Gasteiger partial charge in [0, 0.05) is 6.61 Å². The predicted molar refractivity (Wildman–Crippen MR) is 81.0 cm³/mol. The van der Waals surface area contributed by atoms with Gasteiger partial charge in [-0.05, 0) is 56.9 Å². The molecule has 0 aromatic heterocycles. The molecule has 0 saturated heterocycles. The summed E-state index contributed by atoms with van der Waals surface area (Å²) in [5.41, 5.74) is 3.16. The molecule has 1 saturated carbocycles. The Morgan fingerprint density at radius 1 is 1.35 bits per heavy atom. The second-order valence-electron chi connectivity index (χ2n) is 6.86. The second-order valence-corrected chi connectivity index (χ2v) is 6.86. The minimum Gasteiger partial charge on any atom is -0.496 e. The van der Waals surface area contributed by atoms with Crippen molar-refractivity contribution >= 4 is 0 Å². The van der Waals surface area contributed by atoms with Gasteiger partial charge in [-0.25, -0.2) is 5.43 Å². The topological polar surface area (TPSA) is 56.5 Å². The van der Waals surface area contributed by atoms with Gasteiger partial charge in [0.2, 0.25) is 0 Å². The molecular weight excluding hydrogens is 252 g/mol. The van der Waals surface area contributed by atoms with E-state index in [4.69, 9.17) is 15.3 Å². The average molecular weight is 282 g/mol. The van der Waals surface area contributed by atoms with Crippen LogP contribution < -0.4 is 11.3 Å². The van der Waals surface area contributed by atoms with Gasteiger partial charge >= 0.3 is 0 Å². The van der Waals surface area contributed by atoms with Crippen molar-refractivity contribution in [2.45, 2.75) is 70.9 Å². The molecule has 116 valence electrons. The largest absolute Gasteiger partial charge is 0.496 e. The van der Waals surface area contributed by atoms with Crippen LogP contribution in [-0.2, 0) is 9.47 Å². The van der Waals surface area contributed by atoms with E-state index < -0.39 is 0 Å². The van der Waals surface area contributed by atoms with Gasteiger partial charge in [0.25, 0.3) is 0 Å². The van der Waals surface area contributed by atoms with Crippen LogP contribution in [0.3, 0.4) is 0 Å². The van der Waals surface area contributed by atoms with Gasteiger partial charge in [0.1, 0.15) is 11.8 Å². The molecule has 4 nitrogen and oxygen atoms in total. The van der Waals surface area contributed by atoms with E-state index >= 15 is 0 Å². The fourth-order valence-electron chi connectivity index (χ4n) is 3.42. The minimum atomic E-state index is -0.220. The van der Waals surface area contributed by atoms with Gasteiger partial charge in [0.15, 0.2) is 0 Å². The predicted octanol–water partition coefficient (Wildman–Crippen LogP) is 2.89. The molecule has 0 amide bonds. The highest BCUT2D eigenvalue weighted by Crippen LogP contribution is 2.45. The Morgan fingerprint density at radius 2 is 2.05 bits per heavy atom. The monoisotopic (exact) mass is 282 g/mol. The molecule has 2 rings (SSSR count). The smallest absolute Gasteiger partial charge is 0.113 e. The molecule has 0 radical (unpaired) electrons. The minimum absolute atomic E-state index is 0.0288. The number of nitrogens with two attached hydrogens (primary N) is 1. The van der Waals surface area contributed by atoms with E-state index in [-0.39, 0.29) is 11.6 Å². The normalized spacial score (nSPS) is 26.5. The van der Waals surface area contributed by atoms with Crippen molar-refractivity contribution in [2.24, 2.45) is 11.3 Å². The first-order valence-electron chi connectivity index (χ1n) is 7.96. The van der Waals surface area contributed by atoms with E-state index in [1.807, 2.05) is 0 Å². The van der Waals surface area contributed by atoms with Crippen LogP contribution in [0.1, 0.15) is 59.3 Å². The first-order chi connectivity index (χ1) is 9.53. The molecule has 1 heterocycles. The first-order valence-corrected chi connectivity index (χ1v) is 7.96. The summed E-state index contributed by atoms with van der Waals surface area (Å²) < 4.78 is 12.1. The Balaban J connectivity index is 2.19. The summed E-state index contributed by atoms with van der Waals surface area (Å²) in [5.74, 6) is 6.85. The lowest BCUT2D eigenvalue weighted by molar-refractivity contribution is -0.108. The second kappa shape index (κ2) is 6.46. The zero-order valence-electron chi connectivity index (χ0n) is 13.2. The van der Waals surface area contributed by atoms with Crippen molar-refractivity contribution in [1.29, 1.82) is 0 Å². The van der Waals surface area contributed by atoms with E-state index in [9.17, 15) is 0 Å². The highest BCUT2D eigenvalue weighted by atomic mass is 16.5. The maximum Gasteiger partial charge on any atom is 0.113 e. The summed E-state index contributed by atoms with van der Waals surface area (Å²) >= 11 is 0. The molecule has 4 heteroatoms. The van der Waals surface area contributed by atoms with Crippen molar-refractivity contribution in [3.8, 4) is 0 Å². The fraction of sp³-hybridized carbons (Fsp3) is 0.875. The van der Waals surface area contributed by atoms with Gasteiger partial charge in [-0.15, -0.1) is 0 Å². The Hall–Kier alpha value is -0.580. The van der Waals surface area contributed by atoms with Crippen molar-refractivity contribution in [1.82, 2.24) is 5.43 Å². The van der Waals surface area contributed by atoms with Crippen LogP contribution in [0.4, 0.5) is 0 Å². The van der Waals surface area contributed by atoms with Crippen molar-refractivity contribution in [3.05, 3.63) is 11.8 Å². The van der Waals surface area contributed by atoms with Crippen molar-refractivity contribution < 1.29 is 9.47 Å². The van der Waals surface area contributed by atoms with Crippen molar-refractivity contribution in [3.63, 3.8) is 0 Å². The molecule has 2 aliphatic rings. The molecule has 1 fully saturated rings. The van der Waals surface area contributed by atoms with Gasteiger partial charge < -0.3 is 9.47 Å². The SMILES string of the molecule is CCOC1(C(NN)C2=CCCCO2)CCC(C)(C)CC1. The third-order valence-corrected chi connectivity index (χ3v) is 4.82. The number of ether oxygens (including phenoxy) is 2.